The normalized spacial score (nSPS) is 24.8. The zero-order valence-corrected chi connectivity index (χ0v) is 14.5. The van der Waals surface area contributed by atoms with Gasteiger partial charge in [0.05, 0.1) is 17.9 Å². The number of sulfonamides is 1. The van der Waals surface area contributed by atoms with Gasteiger partial charge in [0.2, 0.25) is 10.0 Å². The van der Waals surface area contributed by atoms with Crippen molar-refractivity contribution in [2.24, 2.45) is 0 Å². The Hall–Kier alpha value is -1.70. The summed E-state index contributed by atoms with van der Waals surface area (Å²) in [6.07, 6.45) is 5.08. The molecule has 2 aromatic rings. The molecule has 7 heteroatoms. The van der Waals surface area contributed by atoms with Crippen molar-refractivity contribution in [3.63, 3.8) is 0 Å². The lowest BCUT2D eigenvalue weighted by Gasteiger charge is -2.36. The molecule has 0 aliphatic heterocycles. The van der Waals surface area contributed by atoms with Gasteiger partial charge in [-0.1, -0.05) is 30.3 Å². The quantitative estimate of drug-likeness (QED) is 0.861. The summed E-state index contributed by atoms with van der Waals surface area (Å²) in [5.41, 5.74) is 0.734. The Kier molecular flexibility index (Phi) is 5.03. The first-order valence-corrected chi connectivity index (χ1v) is 9.83. The number of benzene rings is 1. The molecule has 6 nitrogen and oxygen atoms in total. The van der Waals surface area contributed by atoms with Crippen LogP contribution in [0.4, 0.5) is 0 Å². The van der Waals surface area contributed by atoms with E-state index in [1.807, 2.05) is 35.9 Å². The van der Waals surface area contributed by atoms with E-state index in [0.717, 1.165) is 24.2 Å². The van der Waals surface area contributed by atoms with Crippen LogP contribution in [0.1, 0.15) is 36.7 Å². The van der Waals surface area contributed by atoms with E-state index in [0.29, 0.717) is 6.42 Å². The molecule has 0 bridgehead atoms. The SMILES string of the molecule is Cc1nccn1[C@@H]1CCC[C@@H](NS(=O)(=O)Cc2ccccc2)[C@H]1O. The summed E-state index contributed by atoms with van der Waals surface area (Å²) < 4.78 is 29.5. The number of aromatic nitrogens is 2. The minimum atomic E-state index is -3.50. The number of nitrogens with one attached hydrogen (secondary N) is 1. The highest BCUT2D eigenvalue weighted by Crippen LogP contribution is 2.30. The monoisotopic (exact) mass is 349 g/mol. The van der Waals surface area contributed by atoms with Gasteiger partial charge in [-0.3, -0.25) is 0 Å². The first-order chi connectivity index (χ1) is 11.5. The van der Waals surface area contributed by atoms with E-state index in [9.17, 15) is 13.5 Å². The van der Waals surface area contributed by atoms with Gasteiger partial charge >= 0.3 is 0 Å². The Bertz CT molecular complexity index is 773. The maximum atomic E-state index is 12.4. The zero-order chi connectivity index (χ0) is 17.2. The van der Waals surface area contributed by atoms with E-state index in [1.165, 1.54) is 0 Å². The molecule has 1 fully saturated rings. The predicted octanol–water partition coefficient (Wildman–Crippen LogP) is 1.77. The van der Waals surface area contributed by atoms with E-state index >= 15 is 0 Å². The van der Waals surface area contributed by atoms with Crippen molar-refractivity contribution in [2.45, 2.75) is 50.1 Å². The molecule has 1 heterocycles. The minimum absolute atomic E-state index is 0.0775. The van der Waals surface area contributed by atoms with Crippen molar-refractivity contribution in [2.75, 3.05) is 0 Å². The molecule has 1 aromatic heterocycles. The number of hydrogen-bond acceptors (Lipinski definition) is 4. The maximum Gasteiger partial charge on any atom is 0.216 e. The number of hydrogen-bond donors (Lipinski definition) is 2. The van der Waals surface area contributed by atoms with E-state index in [2.05, 4.69) is 9.71 Å². The smallest absolute Gasteiger partial charge is 0.216 e. The Labute approximate surface area is 142 Å². The van der Waals surface area contributed by atoms with Gasteiger partial charge in [0.15, 0.2) is 0 Å². The molecule has 1 aromatic carbocycles. The fourth-order valence-electron chi connectivity index (χ4n) is 3.39. The fraction of sp³-hybridized carbons (Fsp3) is 0.471. The molecule has 0 radical (unpaired) electrons. The molecule has 1 saturated carbocycles. The van der Waals surface area contributed by atoms with Gasteiger partial charge in [-0.15, -0.1) is 0 Å². The van der Waals surface area contributed by atoms with Crippen LogP contribution in [0, 0.1) is 6.92 Å². The molecule has 1 aliphatic rings. The standard InChI is InChI=1S/C17H23N3O3S/c1-13-18-10-11-20(13)16-9-5-8-15(17(16)21)19-24(22,23)12-14-6-3-2-4-7-14/h2-4,6-7,10-11,15-17,19,21H,5,8-9,12H2,1H3/t15-,16-,17-/m1/s1. The number of imidazole rings is 1. The minimum Gasteiger partial charge on any atom is -0.389 e. The Morgan fingerprint density at radius 3 is 2.71 bits per heavy atom. The first kappa shape index (κ1) is 17.1. The van der Waals surface area contributed by atoms with Crippen molar-refractivity contribution >= 4 is 10.0 Å². The highest BCUT2D eigenvalue weighted by Gasteiger charge is 2.35. The van der Waals surface area contributed by atoms with Crippen molar-refractivity contribution in [3.05, 3.63) is 54.1 Å². The average molecular weight is 349 g/mol. The van der Waals surface area contributed by atoms with Gasteiger partial charge in [-0.25, -0.2) is 18.1 Å². The summed E-state index contributed by atoms with van der Waals surface area (Å²) >= 11 is 0. The zero-order valence-electron chi connectivity index (χ0n) is 13.7. The van der Waals surface area contributed by atoms with E-state index in [1.54, 1.807) is 18.3 Å². The van der Waals surface area contributed by atoms with Gasteiger partial charge in [0, 0.05) is 18.4 Å². The molecular formula is C17H23N3O3S. The van der Waals surface area contributed by atoms with Gasteiger partial charge in [-0.2, -0.15) is 0 Å². The summed E-state index contributed by atoms with van der Waals surface area (Å²) in [7, 11) is -3.50. The summed E-state index contributed by atoms with van der Waals surface area (Å²) in [6.45, 7) is 1.88. The van der Waals surface area contributed by atoms with E-state index in [4.69, 9.17) is 0 Å². The van der Waals surface area contributed by atoms with Crippen molar-refractivity contribution in [1.82, 2.24) is 14.3 Å². The molecule has 130 valence electrons. The molecule has 3 atom stereocenters. The third kappa shape index (κ3) is 3.85. The molecule has 0 amide bonds. The largest absolute Gasteiger partial charge is 0.389 e. The van der Waals surface area contributed by atoms with Gasteiger partial charge in [0.1, 0.15) is 5.82 Å². The highest BCUT2D eigenvalue weighted by atomic mass is 32.2. The lowest BCUT2D eigenvalue weighted by atomic mass is 9.88. The number of rotatable bonds is 5. The number of aliphatic hydroxyl groups is 1. The van der Waals surface area contributed by atoms with Gasteiger partial charge in [0.25, 0.3) is 0 Å². The summed E-state index contributed by atoms with van der Waals surface area (Å²) in [4.78, 5) is 4.19. The number of nitrogens with zero attached hydrogens (tertiary/aromatic N) is 2. The summed E-state index contributed by atoms with van der Waals surface area (Å²) in [5, 5.41) is 10.7. The maximum absolute atomic E-state index is 12.4. The van der Waals surface area contributed by atoms with Crippen LogP contribution >= 0.6 is 0 Å². The van der Waals surface area contributed by atoms with Gasteiger partial charge < -0.3 is 9.67 Å². The van der Waals surface area contributed by atoms with Crippen LogP contribution in [0.5, 0.6) is 0 Å². The van der Waals surface area contributed by atoms with Crippen molar-refractivity contribution < 1.29 is 13.5 Å². The lowest BCUT2D eigenvalue weighted by Crippen LogP contribution is -2.49. The molecular weight excluding hydrogens is 326 g/mol. The third-order valence-electron chi connectivity index (χ3n) is 4.57. The van der Waals surface area contributed by atoms with E-state index < -0.39 is 22.2 Å². The second-order valence-electron chi connectivity index (χ2n) is 6.34. The third-order valence-corrected chi connectivity index (χ3v) is 5.95. The van der Waals surface area contributed by atoms with Crippen LogP contribution in [-0.4, -0.2) is 35.2 Å². The second-order valence-corrected chi connectivity index (χ2v) is 8.09. The fourth-order valence-corrected chi connectivity index (χ4v) is 4.83. The lowest BCUT2D eigenvalue weighted by molar-refractivity contribution is 0.0502. The highest BCUT2D eigenvalue weighted by molar-refractivity contribution is 7.88. The molecule has 0 saturated heterocycles. The Balaban J connectivity index is 1.71. The van der Waals surface area contributed by atoms with Crippen LogP contribution in [0.3, 0.4) is 0 Å². The molecule has 24 heavy (non-hydrogen) atoms. The van der Waals surface area contributed by atoms with Crippen LogP contribution in [0.25, 0.3) is 0 Å². The van der Waals surface area contributed by atoms with E-state index in [-0.39, 0.29) is 11.8 Å². The summed E-state index contributed by atoms with van der Waals surface area (Å²) in [6, 6.07) is 8.44. The first-order valence-electron chi connectivity index (χ1n) is 8.18. The van der Waals surface area contributed by atoms with Crippen molar-refractivity contribution in [3.8, 4) is 0 Å². The second kappa shape index (κ2) is 7.04. The molecule has 0 unspecified atom stereocenters. The Morgan fingerprint density at radius 2 is 2.04 bits per heavy atom. The van der Waals surface area contributed by atoms with Gasteiger partial charge in [-0.05, 0) is 31.7 Å². The molecule has 1 aliphatic carbocycles. The summed E-state index contributed by atoms with van der Waals surface area (Å²) in [5.74, 6) is 0.748. The molecule has 2 N–H and O–H groups in total. The van der Waals surface area contributed by atoms with Crippen molar-refractivity contribution in [1.29, 1.82) is 0 Å². The predicted molar refractivity (Wildman–Crippen MR) is 91.8 cm³/mol. The Morgan fingerprint density at radius 1 is 1.29 bits per heavy atom. The molecule has 3 rings (SSSR count). The van der Waals surface area contributed by atoms with Crippen LogP contribution < -0.4 is 4.72 Å². The van der Waals surface area contributed by atoms with Crippen LogP contribution in [0.15, 0.2) is 42.7 Å². The number of aliphatic hydroxyl groups excluding tert-OH is 1. The number of aryl methyl sites for hydroxylation is 1. The average Bonchev–Trinajstić information content (AvgIpc) is 2.96. The topological polar surface area (TPSA) is 84.2 Å². The van der Waals surface area contributed by atoms with Crippen LogP contribution in [0.2, 0.25) is 0 Å². The van der Waals surface area contributed by atoms with Crippen LogP contribution in [-0.2, 0) is 15.8 Å². The molecule has 0 spiro atoms.